The molecule has 0 saturated heterocycles. The Balaban J connectivity index is 2.58. The summed E-state index contributed by atoms with van der Waals surface area (Å²) in [4.78, 5) is 14.0. The van der Waals surface area contributed by atoms with Crippen LogP contribution in [0.3, 0.4) is 0 Å². The van der Waals surface area contributed by atoms with Crippen molar-refractivity contribution in [1.29, 1.82) is 0 Å². The molecule has 0 spiro atoms. The van der Waals surface area contributed by atoms with E-state index in [4.69, 9.17) is 5.73 Å². The quantitative estimate of drug-likeness (QED) is 0.857. The maximum atomic E-state index is 12.3. The zero-order chi connectivity index (χ0) is 15.4. The van der Waals surface area contributed by atoms with Crippen LogP contribution in [-0.4, -0.2) is 40.2 Å². The van der Waals surface area contributed by atoms with Gasteiger partial charge in [0.15, 0.2) is 0 Å². The summed E-state index contributed by atoms with van der Waals surface area (Å²) in [7, 11) is 3.75. The van der Waals surface area contributed by atoms with E-state index in [-0.39, 0.29) is 11.9 Å². The number of carbonyl (C=O) groups excluding carboxylic acids is 1. The Morgan fingerprint density at radius 2 is 2.00 bits per heavy atom. The molecule has 0 aliphatic heterocycles. The van der Waals surface area contributed by atoms with Crippen molar-refractivity contribution in [2.75, 3.05) is 13.6 Å². The molecule has 5 nitrogen and oxygen atoms in total. The molecule has 1 aromatic heterocycles. The summed E-state index contributed by atoms with van der Waals surface area (Å²) in [6, 6.07) is 0.145. The predicted molar refractivity (Wildman–Crippen MR) is 81.5 cm³/mol. The van der Waals surface area contributed by atoms with Crippen molar-refractivity contribution in [2.24, 2.45) is 18.7 Å². The van der Waals surface area contributed by atoms with Gasteiger partial charge in [-0.15, -0.1) is 0 Å². The third kappa shape index (κ3) is 4.07. The predicted octanol–water partition coefficient (Wildman–Crippen LogP) is 1.41. The van der Waals surface area contributed by atoms with Crippen molar-refractivity contribution in [3.8, 4) is 0 Å². The van der Waals surface area contributed by atoms with Gasteiger partial charge in [0.25, 0.3) is 0 Å². The van der Waals surface area contributed by atoms with E-state index >= 15 is 0 Å². The number of aromatic nitrogens is 2. The van der Waals surface area contributed by atoms with Gasteiger partial charge in [0.1, 0.15) is 0 Å². The molecule has 114 valence electrons. The zero-order valence-electron chi connectivity index (χ0n) is 13.6. The van der Waals surface area contributed by atoms with E-state index in [0.717, 1.165) is 23.4 Å². The fraction of sp³-hybridized carbons (Fsp3) is 0.733. The van der Waals surface area contributed by atoms with Crippen molar-refractivity contribution in [3.63, 3.8) is 0 Å². The highest BCUT2D eigenvalue weighted by Crippen LogP contribution is 2.14. The normalized spacial score (nSPS) is 12.8. The van der Waals surface area contributed by atoms with Gasteiger partial charge >= 0.3 is 0 Å². The van der Waals surface area contributed by atoms with Gasteiger partial charge in [0, 0.05) is 37.9 Å². The lowest BCUT2D eigenvalue weighted by molar-refractivity contribution is -0.129. The number of rotatable bonds is 6. The highest BCUT2D eigenvalue weighted by Gasteiger charge is 2.17. The summed E-state index contributed by atoms with van der Waals surface area (Å²) in [5.74, 6) is 0.571. The van der Waals surface area contributed by atoms with Crippen LogP contribution in [0.1, 0.15) is 37.2 Å². The Morgan fingerprint density at radius 3 is 2.45 bits per heavy atom. The second-order valence-corrected chi connectivity index (χ2v) is 5.96. The molecule has 0 fully saturated rings. The molecule has 1 atom stereocenters. The molecule has 1 heterocycles. The van der Waals surface area contributed by atoms with Gasteiger partial charge in [-0.25, -0.2) is 0 Å². The highest BCUT2D eigenvalue weighted by molar-refractivity contribution is 5.79. The summed E-state index contributed by atoms with van der Waals surface area (Å²) in [5.41, 5.74) is 9.05. The van der Waals surface area contributed by atoms with Crippen LogP contribution in [0.25, 0.3) is 0 Å². The molecule has 5 heteroatoms. The molecule has 0 radical (unpaired) electrons. The van der Waals surface area contributed by atoms with E-state index in [9.17, 15) is 4.79 Å². The number of hydrogen-bond acceptors (Lipinski definition) is 3. The minimum Gasteiger partial charge on any atom is -0.345 e. The van der Waals surface area contributed by atoms with Crippen LogP contribution in [0.15, 0.2) is 0 Å². The standard InChI is InChI=1S/C15H28N4O/c1-10(2)14(16)7-8-18(5)15(20)9-13-11(3)17-19(6)12(13)4/h10,14H,7-9,16H2,1-6H3. The lowest BCUT2D eigenvalue weighted by atomic mass is 10.0. The molecule has 1 aromatic rings. The van der Waals surface area contributed by atoms with Crippen molar-refractivity contribution in [3.05, 3.63) is 17.0 Å². The first-order valence-electron chi connectivity index (χ1n) is 7.22. The largest absolute Gasteiger partial charge is 0.345 e. The molecule has 2 N–H and O–H groups in total. The second-order valence-electron chi connectivity index (χ2n) is 5.96. The molecular formula is C15H28N4O. The van der Waals surface area contributed by atoms with E-state index in [1.807, 2.05) is 32.6 Å². The van der Waals surface area contributed by atoms with Crippen LogP contribution in [0.5, 0.6) is 0 Å². The van der Waals surface area contributed by atoms with Gasteiger partial charge in [-0.05, 0) is 26.2 Å². The SMILES string of the molecule is Cc1nn(C)c(C)c1CC(=O)N(C)CCC(N)C(C)C. The molecule has 0 saturated carbocycles. The van der Waals surface area contributed by atoms with Gasteiger partial charge in [-0.3, -0.25) is 9.48 Å². The highest BCUT2D eigenvalue weighted by atomic mass is 16.2. The summed E-state index contributed by atoms with van der Waals surface area (Å²) in [6.07, 6.45) is 1.25. The number of nitrogens with two attached hydrogens (primary N) is 1. The number of aryl methyl sites for hydroxylation is 2. The van der Waals surface area contributed by atoms with Crippen molar-refractivity contribution >= 4 is 5.91 Å². The summed E-state index contributed by atoms with van der Waals surface area (Å²) in [6.45, 7) is 8.86. The molecule has 1 unspecified atom stereocenters. The molecule has 1 amide bonds. The van der Waals surface area contributed by atoms with E-state index in [2.05, 4.69) is 18.9 Å². The van der Waals surface area contributed by atoms with Gasteiger partial charge in [-0.1, -0.05) is 13.8 Å². The number of nitrogens with zero attached hydrogens (tertiary/aromatic N) is 3. The third-order valence-electron chi connectivity index (χ3n) is 4.07. The first-order valence-corrected chi connectivity index (χ1v) is 7.22. The van der Waals surface area contributed by atoms with E-state index in [0.29, 0.717) is 18.9 Å². The Morgan fingerprint density at radius 1 is 1.40 bits per heavy atom. The Kier molecular flexibility index (Phi) is 5.74. The van der Waals surface area contributed by atoms with Gasteiger partial charge in [-0.2, -0.15) is 5.10 Å². The van der Waals surface area contributed by atoms with Crippen molar-refractivity contribution in [1.82, 2.24) is 14.7 Å². The third-order valence-corrected chi connectivity index (χ3v) is 4.07. The summed E-state index contributed by atoms with van der Waals surface area (Å²) in [5, 5.41) is 4.35. The Labute approximate surface area is 122 Å². The van der Waals surface area contributed by atoms with Crippen LogP contribution in [0.4, 0.5) is 0 Å². The van der Waals surface area contributed by atoms with Crippen LogP contribution in [0.2, 0.25) is 0 Å². The van der Waals surface area contributed by atoms with Crippen LogP contribution < -0.4 is 5.73 Å². The topological polar surface area (TPSA) is 64.2 Å². The maximum Gasteiger partial charge on any atom is 0.226 e. The lowest BCUT2D eigenvalue weighted by Gasteiger charge is -2.21. The minimum atomic E-state index is 0.125. The number of hydrogen-bond donors (Lipinski definition) is 1. The van der Waals surface area contributed by atoms with Crippen molar-refractivity contribution in [2.45, 2.75) is 46.6 Å². The minimum absolute atomic E-state index is 0.125. The van der Waals surface area contributed by atoms with E-state index in [1.54, 1.807) is 4.90 Å². The smallest absolute Gasteiger partial charge is 0.226 e. The molecule has 0 aliphatic rings. The number of amides is 1. The first-order chi connectivity index (χ1) is 9.23. The molecular weight excluding hydrogens is 252 g/mol. The molecule has 0 bridgehead atoms. The van der Waals surface area contributed by atoms with Gasteiger partial charge < -0.3 is 10.6 Å². The zero-order valence-corrected chi connectivity index (χ0v) is 13.6. The average Bonchev–Trinajstić information content (AvgIpc) is 2.61. The first kappa shape index (κ1) is 16.7. The Hall–Kier alpha value is -1.36. The molecule has 20 heavy (non-hydrogen) atoms. The molecule has 1 rings (SSSR count). The van der Waals surface area contributed by atoms with Crippen molar-refractivity contribution < 1.29 is 4.79 Å². The maximum absolute atomic E-state index is 12.3. The number of likely N-dealkylation sites (N-methyl/N-ethyl adjacent to an activating group) is 1. The van der Waals surface area contributed by atoms with Gasteiger partial charge in [0.05, 0.1) is 12.1 Å². The molecule has 0 aliphatic carbocycles. The fourth-order valence-corrected chi connectivity index (χ4v) is 2.16. The van der Waals surface area contributed by atoms with Crippen LogP contribution >= 0.6 is 0 Å². The van der Waals surface area contributed by atoms with Crippen LogP contribution in [0, 0.1) is 19.8 Å². The number of carbonyl (C=O) groups is 1. The van der Waals surface area contributed by atoms with E-state index < -0.39 is 0 Å². The molecule has 0 aromatic carbocycles. The van der Waals surface area contributed by atoms with Gasteiger partial charge in [0.2, 0.25) is 5.91 Å². The lowest BCUT2D eigenvalue weighted by Crippen LogP contribution is -2.35. The monoisotopic (exact) mass is 280 g/mol. The average molecular weight is 280 g/mol. The second kappa shape index (κ2) is 6.88. The Bertz CT molecular complexity index is 465. The summed E-state index contributed by atoms with van der Waals surface area (Å²) >= 11 is 0. The van der Waals surface area contributed by atoms with E-state index in [1.165, 1.54) is 0 Å². The summed E-state index contributed by atoms with van der Waals surface area (Å²) < 4.78 is 1.83. The van der Waals surface area contributed by atoms with Crippen LogP contribution in [-0.2, 0) is 18.3 Å². The fourth-order valence-electron chi connectivity index (χ4n) is 2.16.